The van der Waals surface area contributed by atoms with Crippen LogP contribution < -0.4 is 5.32 Å². The van der Waals surface area contributed by atoms with Crippen molar-refractivity contribution in [2.24, 2.45) is 0 Å². The molecule has 1 aromatic carbocycles. The van der Waals surface area contributed by atoms with Crippen molar-refractivity contribution < 1.29 is 0 Å². The standard InChI is InChI=1S/C16H21BrN2S/c1-12-14(8-16(20-12)9-18-2)11-19(3)10-13-4-6-15(17)7-5-13/h4-8,18H,9-11H2,1-3H3. The highest BCUT2D eigenvalue weighted by Crippen LogP contribution is 2.23. The molecule has 0 aliphatic heterocycles. The smallest absolute Gasteiger partial charge is 0.0296 e. The van der Waals surface area contributed by atoms with Gasteiger partial charge in [-0.3, -0.25) is 4.90 Å². The van der Waals surface area contributed by atoms with Crippen LogP contribution in [0, 0.1) is 6.92 Å². The van der Waals surface area contributed by atoms with Crippen LogP contribution in [-0.4, -0.2) is 19.0 Å². The van der Waals surface area contributed by atoms with Gasteiger partial charge in [-0.25, -0.2) is 0 Å². The first-order chi connectivity index (χ1) is 9.58. The molecule has 0 unspecified atom stereocenters. The highest BCUT2D eigenvalue weighted by Gasteiger charge is 2.08. The lowest BCUT2D eigenvalue weighted by Gasteiger charge is -2.16. The van der Waals surface area contributed by atoms with Crippen LogP contribution in [-0.2, 0) is 19.6 Å². The third kappa shape index (κ3) is 4.42. The van der Waals surface area contributed by atoms with E-state index >= 15 is 0 Å². The van der Waals surface area contributed by atoms with Crippen molar-refractivity contribution in [1.29, 1.82) is 0 Å². The van der Waals surface area contributed by atoms with Crippen LogP contribution >= 0.6 is 27.3 Å². The molecule has 1 heterocycles. The summed E-state index contributed by atoms with van der Waals surface area (Å²) in [5, 5.41) is 3.22. The number of rotatable bonds is 6. The molecule has 0 saturated carbocycles. The Kier molecular flexibility index (Phi) is 5.78. The van der Waals surface area contributed by atoms with E-state index in [1.54, 1.807) is 0 Å². The van der Waals surface area contributed by atoms with E-state index in [1.165, 1.54) is 20.9 Å². The number of thiophene rings is 1. The zero-order valence-corrected chi connectivity index (χ0v) is 14.6. The average Bonchev–Trinajstić information content (AvgIpc) is 2.73. The van der Waals surface area contributed by atoms with Crippen LogP contribution in [0.5, 0.6) is 0 Å². The van der Waals surface area contributed by atoms with Gasteiger partial charge >= 0.3 is 0 Å². The van der Waals surface area contributed by atoms with E-state index in [9.17, 15) is 0 Å². The Balaban J connectivity index is 1.97. The van der Waals surface area contributed by atoms with Gasteiger partial charge in [-0.2, -0.15) is 0 Å². The van der Waals surface area contributed by atoms with E-state index in [4.69, 9.17) is 0 Å². The number of aryl methyl sites for hydroxylation is 1. The molecule has 0 fully saturated rings. The van der Waals surface area contributed by atoms with Crippen molar-refractivity contribution in [3.8, 4) is 0 Å². The van der Waals surface area contributed by atoms with E-state index < -0.39 is 0 Å². The van der Waals surface area contributed by atoms with Crippen molar-refractivity contribution in [2.45, 2.75) is 26.6 Å². The van der Waals surface area contributed by atoms with Crippen LogP contribution in [0.4, 0.5) is 0 Å². The summed E-state index contributed by atoms with van der Waals surface area (Å²) in [6.07, 6.45) is 0. The van der Waals surface area contributed by atoms with E-state index in [1.807, 2.05) is 18.4 Å². The summed E-state index contributed by atoms with van der Waals surface area (Å²) in [4.78, 5) is 5.21. The second-order valence-corrected chi connectivity index (χ2v) is 7.38. The van der Waals surface area contributed by atoms with Crippen LogP contribution in [0.25, 0.3) is 0 Å². The van der Waals surface area contributed by atoms with Crippen molar-refractivity contribution in [3.05, 3.63) is 55.7 Å². The Morgan fingerprint density at radius 1 is 1.20 bits per heavy atom. The topological polar surface area (TPSA) is 15.3 Å². The quantitative estimate of drug-likeness (QED) is 0.839. The normalized spacial score (nSPS) is 11.2. The molecule has 0 saturated heterocycles. The maximum atomic E-state index is 3.47. The molecule has 1 aromatic heterocycles. The summed E-state index contributed by atoms with van der Waals surface area (Å²) < 4.78 is 1.13. The van der Waals surface area contributed by atoms with Crippen molar-refractivity contribution in [3.63, 3.8) is 0 Å². The van der Waals surface area contributed by atoms with Gasteiger partial charge in [0.15, 0.2) is 0 Å². The second kappa shape index (κ2) is 7.36. The molecule has 0 radical (unpaired) electrons. The minimum absolute atomic E-state index is 0.960. The maximum absolute atomic E-state index is 3.47. The Labute approximate surface area is 133 Å². The van der Waals surface area contributed by atoms with Crippen molar-refractivity contribution in [1.82, 2.24) is 10.2 Å². The first-order valence-corrected chi connectivity index (χ1v) is 8.35. The summed E-state index contributed by atoms with van der Waals surface area (Å²) in [5.41, 5.74) is 2.79. The Morgan fingerprint density at radius 2 is 1.90 bits per heavy atom. The van der Waals surface area contributed by atoms with E-state index in [-0.39, 0.29) is 0 Å². The van der Waals surface area contributed by atoms with Gasteiger partial charge in [0.1, 0.15) is 0 Å². The summed E-state index contributed by atoms with van der Waals surface area (Å²) in [6.45, 7) is 5.15. The number of hydrogen-bond acceptors (Lipinski definition) is 3. The van der Waals surface area contributed by atoms with E-state index in [2.05, 4.69) is 70.4 Å². The highest BCUT2D eigenvalue weighted by atomic mass is 79.9. The average molecular weight is 353 g/mol. The minimum Gasteiger partial charge on any atom is -0.315 e. The van der Waals surface area contributed by atoms with Gasteiger partial charge in [-0.15, -0.1) is 11.3 Å². The van der Waals surface area contributed by atoms with Crippen molar-refractivity contribution in [2.75, 3.05) is 14.1 Å². The fraction of sp³-hybridized carbons (Fsp3) is 0.375. The summed E-state index contributed by atoms with van der Waals surface area (Å²) in [7, 11) is 4.17. The Bertz CT molecular complexity index is 548. The van der Waals surface area contributed by atoms with Crippen LogP contribution in [0.3, 0.4) is 0 Å². The number of benzene rings is 1. The highest BCUT2D eigenvalue weighted by molar-refractivity contribution is 9.10. The van der Waals surface area contributed by atoms with Gasteiger partial charge in [0, 0.05) is 33.9 Å². The van der Waals surface area contributed by atoms with E-state index in [0.29, 0.717) is 0 Å². The minimum atomic E-state index is 0.960. The third-order valence-corrected chi connectivity index (χ3v) is 4.85. The summed E-state index contributed by atoms with van der Waals surface area (Å²) in [6, 6.07) is 10.9. The number of nitrogens with one attached hydrogen (secondary N) is 1. The fourth-order valence-electron chi connectivity index (χ4n) is 2.25. The lowest BCUT2D eigenvalue weighted by Crippen LogP contribution is -2.17. The summed E-state index contributed by atoms with van der Waals surface area (Å²) >= 11 is 5.37. The number of nitrogens with zero attached hydrogens (tertiary/aromatic N) is 1. The van der Waals surface area contributed by atoms with Crippen LogP contribution in [0.1, 0.15) is 20.9 Å². The van der Waals surface area contributed by atoms with Gasteiger partial charge < -0.3 is 5.32 Å². The van der Waals surface area contributed by atoms with Gasteiger partial charge in [0.25, 0.3) is 0 Å². The van der Waals surface area contributed by atoms with Crippen LogP contribution in [0.15, 0.2) is 34.8 Å². The van der Waals surface area contributed by atoms with Gasteiger partial charge in [-0.1, -0.05) is 28.1 Å². The number of halogens is 1. The lowest BCUT2D eigenvalue weighted by molar-refractivity contribution is 0.319. The second-order valence-electron chi connectivity index (χ2n) is 5.12. The Hall–Kier alpha value is -0.680. The van der Waals surface area contributed by atoms with E-state index in [0.717, 1.165) is 24.1 Å². The number of hydrogen-bond donors (Lipinski definition) is 1. The van der Waals surface area contributed by atoms with Gasteiger partial charge in [0.05, 0.1) is 0 Å². The molecule has 0 spiro atoms. The fourth-order valence-corrected chi connectivity index (χ4v) is 3.58. The first-order valence-electron chi connectivity index (χ1n) is 6.74. The largest absolute Gasteiger partial charge is 0.315 e. The van der Waals surface area contributed by atoms with Gasteiger partial charge in [-0.05, 0) is 50.3 Å². The van der Waals surface area contributed by atoms with Crippen LogP contribution in [0.2, 0.25) is 0 Å². The monoisotopic (exact) mass is 352 g/mol. The molecule has 2 nitrogen and oxygen atoms in total. The zero-order chi connectivity index (χ0) is 14.5. The molecule has 0 bridgehead atoms. The first kappa shape index (κ1) is 15.7. The molecular formula is C16H21BrN2S. The van der Waals surface area contributed by atoms with Gasteiger partial charge in [0.2, 0.25) is 0 Å². The summed E-state index contributed by atoms with van der Waals surface area (Å²) in [5.74, 6) is 0. The molecule has 0 aliphatic carbocycles. The maximum Gasteiger partial charge on any atom is 0.0296 e. The molecule has 20 heavy (non-hydrogen) atoms. The molecule has 2 aromatic rings. The third-order valence-electron chi connectivity index (χ3n) is 3.23. The molecule has 1 N–H and O–H groups in total. The lowest BCUT2D eigenvalue weighted by atomic mass is 10.2. The molecule has 4 heteroatoms. The predicted octanol–water partition coefficient (Wildman–Crippen LogP) is 4.17. The zero-order valence-electron chi connectivity index (χ0n) is 12.2. The van der Waals surface area contributed by atoms with Crippen molar-refractivity contribution >= 4 is 27.3 Å². The molecule has 0 aliphatic rings. The molecule has 0 atom stereocenters. The molecule has 2 rings (SSSR count). The predicted molar refractivity (Wildman–Crippen MR) is 91.1 cm³/mol. The SMILES string of the molecule is CNCc1cc(CN(C)Cc2ccc(Br)cc2)c(C)s1. The molecule has 0 amide bonds. The molecule has 108 valence electrons. The molecular weight excluding hydrogens is 332 g/mol. The Morgan fingerprint density at radius 3 is 2.55 bits per heavy atom.